The number of rotatable bonds is 9. The normalized spacial score (nSPS) is 13.1. The Balaban J connectivity index is 4.43. The molecule has 1 unspecified atom stereocenters. The first-order chi connectivity index (χ1) is 8.20. The lowest BCUT2D eigenvalue weighted by atomic mass is 10.1. The Morgan fingerprint density at radius 1 is 1.22 bits per heavy atom. The van der Waals surface area contributed by atoms with Crippen molar-refractivity contribution in [3.63, 3.8) is 0 Å². The maximum Gasteiger partial charge on any atom is 0.293 e. The zero-order valence-electron chi connectivity index (χ0n) is 9.72. The molecule has 104 valence electrons. The van der Waals surface area contributed by atoms with Crippen LogP contribution in [0.4, 0.5) is 0 Å². The van der Waals surface area contributed by atoms with Crippen LogP contribution in [0, 0.1) is 0 Å². The molecule has 0 saturated carbocycles. The summed E-state index contributed by atoms with van der Waals surface area (Å²) in [7, 11) is -4.18. The first-order valence-corrected chi connectivity index (χ1v) is 7.58. The number of Topliss-reactive ketones (excluding diaryl/α,β-unsaturated/α-hetero) is 2. The van der Waals surface area contributed by atoms with Crippen LogP contribution in [0.5, 0.6) is 0 Å². The van der Waals surface area contributed by atoms with Gasteiger partial charge >= 0.3 is 0 Å². The Labute approximate surface area is 119 Å². The number of carbonyl (C=O) groups excluding carboxylic acids is 3. The lowest BCUT2D eigenvalue weighted by molar-refractivity contribution is -0.123. The number of carbonyl (C=O) groups is 3. The molecule has 0 spiro atoms. The topological polar surface area (TPSA) is 121 Å². The van der Waals surface area contributed by atoms with E-state index in [4.69, 9.17) is 0 Å². The molecular weight excluding hydrogens is 377 g/mol. The predicted octanol–water partition coefficient (Wildman–Crippen LogP) is 0.255. The molecule has 9 heteroatoms. The minimum atomic E-state index is -4.18. The van der Waals surface area contributed by atoms with Gasteiger partial charge in [-0.3, -0.25) is 9.59 Å². The molecule has 0 radical (unpaired) electrons. The van der Waals surface area contributed by atoms with Gasteiger partial charge in [0.15, 0.2) is 5.25 Å². The standard InChI is InChI=1S/C9H14INO6S/c1-6(12)2-3-7(13)4-5-8(9(10)14)18(15,16)17-11/h8H,2-5,11H2,1H3. The van der Waals surface area contributed by atoms with Crippen LogP contribution >= 0.6 is 22.6 Å². The Morgan fingerprint density at radius 3 is 2.17 bits per heavy atom. The second-order valence-electron chi connectivity index (χ2n) is 3.66. The summed E-state index contributed by atoms with van der Waals surface area (Å²) in [6, 6.07) is 0. The summed E-state index contributed by atoms with van der Waals surface area (Å²) in [6.07, 6.45) is -0.157. The van der Waals surface area contributed by atoms with Crippen LogP contribution in [0.25, 0.3) is 0 Å². The Kier molecular flexibility index (Phi) is 7.75. The number of hydrogen-bond acceptors (Lipinski definition) is 7. The zero-order valence-corrected chi connectivity index (χ0v) is 12.7. The summed E-state index contributed by atoms with van der Waals surface area (Å²) in [4.78, 5) is 33.2. The van der Waals surface area contributed by atoms with Crippen LogP contribution in [0.1, 0.15) is 32.6 Å². The van der Waals surface area contributed by atoms with Crippen molar-refractivity contribution in [2.45, 2.75) is 37.9 Å². The molecule has 0 aliphatic carbocycles. The summed E-state index contributed by atoms with van der Waals surface area (Å²) in [5.74, 6) is 4.18. The SMILES string of the molecule is CC(=O)CCC(=O)CCC(C(=O)I)S(=O)(=O)ON. The molecule has 0 aliphatic heterocycles. The molecule has 0 aliphatic rings. The van der Waals surface area contributed by atoms with E-state index in [0.717, 1.165) is 0 Å². The number of hydrogen-bond donors (Lipinski definition) is 1. The van der Waals surface area contributed by atoms with Crippen molar-refractivity contribution in [2.24, 2.45) is 5.90 Å². The third kappa shape index (κ3) is 6.52. The van der Waals surface area contributed by atoms with E-state index >= 15 is 0 Å². The molecule has 0 fully saturated rings. The van der Waals surface area contributed by atoms with Gasteiger partial charge in [-0.15, -0.1) is 0 Å². The van der Waals surface area contributed by atoms with E-state index in [-0.39, 0.29) is 37.2 Å². The third-order valence-electron chi connectivity index (χ3n) is 2.18. The van der Waals surface area contributed by atoms with Crippen molar-refractivity contribution in [1.82, 2.24) is 0 Å². The maximum absolute atomic E-state index is 11.4. The van der Waals surface area contributed by atoms with Gasteiger partial charge in [-0.1, -0.05) is 0 Å². The van der Waals surface area contributed by atoms with Gasteiger partial charge in [-0.25, -0.2) is 0 Å². The monoisotopic (exact) mass is 391 g/mol. The highest BCUT2D eigenvalue weighted by molar-refractivity contribution is 14.1. The van der Waals surface area contributed by atoms with E-state index in [0.29, 0.717) is 0 Å². The van der Waals surface area contributed by atoms with Crippen LogP contribution in [-0.4, -0.2) is 29.0 Å². The average Bonchev–Trinajstić information content (AvgIpc) is 2.25. The minimum absolute atomic E-state index is 0.0427. The molecule has 1 atom stereocenters. The van der Waals surface area contributed by atoms with Gasteiger partial charge in [0.1, 0.15) is 11.6 Å². The Hall–Kier alpha value is -0.390. The van der Waals surface area contributed by atoms with Crippen molar-refractivity contribution in [2.75, 3.05) is 0 Å². The average molecular weight is 391 g/mol. The van der Waals surface area contributed by atoms with Crippen molar-refractivity contribution in [3.8, 4) is 0 Å². The van der Waals surface area contributed by atoms with Gasteiger partial charge < -0.3 is 4.79 Å². The number of nitrogens with two attached hydrogens (primary N) is 1. The highest BCUT2D eigenvalue weighted by atomic mass is 127. The van der Waals surface area contributed by atoms with Gasteiger partial charge in [-0.2, -0.15) is 18.6 Å². The smallest absolute Gasteiger partial charge is 0.293 e. The molecule has 0 saturated heterocycles. The fraction of sp³-hybridized carbons (Fsp3) is 0.667. The summed E-state index contributed by atoms with van der Waals surface area (Å²) in [6.45, 7) is 1.36. The van der Waals surface area contributed by atoms with E-state index in [9.17, 15) is 22.8 Å². The van der Waals surface area contributed by atoms with Gasteiger partial charge in [0.05, 0.1) is 0 Å². The van der Waals surface area contributed by atoms with E-state index < -0.39 is 19.2 Å². The van der Waals surface area contributed by atoms with Crippen molar-refractivity contribution in [3.05, 3.63) is 0 Å². The highest BCUT2D eigenvalue weighted by Gasteiger charge is 2.31. The van der Waals surface area contributed by atoms with Gasteiger partial charge in [0.2, 0.25) is 3.79 Å². The van der Waals surface area contributed by atoms with E-state index in [1.807, 2.05) is 0 Å². The molecule has 0 amide bonds. The lowest BCUT2D eigenvalue weighted by Gasteiger charge is -2.10. The molecule has 0 rings (SSSR count). The second-order valence-corrected chi connectivity index (χ2v) is 6.47. The summed E-state index contributed by atoms with van der Waals surface area (Å²) >= 11 is 1.31. The van der Waals surface area contributed by atoms with Crippen LogP contribution < -0.4 is 5.90 Å². The van der Waals surface area contributed by atoms with Crippen molar-refractivity contribution < 1.29 is 27.1 Å². The highest BCUT2D eigenvalue weighted by Crippen LogP contribution is 2.15. The molecule has 0 heterocycles. The van der Waals surface area contributed by atoms with Crippen LogP contribution in [0.15, 0.2) is 0 Å². The molecule has 7 nitrogen and oxygen atoms in total. The van der Waals surface area contributed by atoms with Gasteiger partial charge in [-0.05, 0) is 13.3 Å². The predicted molar refractivity (Wildman–Crippen MR) is 71.2 cm³/mol. The summed E-state index contributed by atoms with van der Waals surface area (Å²) in [5.41, 5.74) is 0. The Morgan fingerprint density at radius 2 is 1.78 bits per heavy atom. The maximum atomic E-state index is 11.4. The van der Waals surface area contributed by atoms with Gasteiger partial charge in [0, 0.05) is 41.9 Å². The molecule has 0 aromatic carbocycles. The summed E-state index contributed by atoms with van der Waals surface area (Å²) < 4.78 is 25.7. The quantitative estimate of drug-likeness (QED) is 0.340. The molecule has 18 heavy (non-hydrogen) atoms. The van der Waals surface area contributed by atoms with Crippen LogP contribution in [0.2, 0.25) is 0 Å². The number of ketones is 2. The third-order valence-corrected chi connectivity index (χ3v) is 4.77. The van der Waals surface area contributed by atoms with E-state index in [1.54, 1.807) is 0 Å². The van der Waals surface area contributed by atoms with Crippen molar-refractivity contribution >= 4 is 48.1 Å². The van der Waals surface area contributed by atoms with Crippen LogP contribution in [-0.2, 0) is 28.8 Å². The molecule has 0 aromatic rings. The fourth-order valence-corrected chi connectivity index (χ4v) is 3.18. The molecule has 0 bridgehead atoms. The molecule has 2 N–H and O–H groups in total. The van der Waals surface area contributed by atoms with E-state index in [1.165, 1.54) is 29.5 Å². The molecular formula is C9H14INO6S. The zero-order chi connectivity index (χ0) is 14.3. The summed E-state index contributed by atoms with van der Waals surface area (Å²) in [5, 5.41) is -1.45. The first kappa shape index (κ1) is 17.6. The number of halogens is 1. The van der Waals surface area contributed by atoms with Gasteiger partial charge in [0.25, 0.3) is 10.1 Å². The molecule has 0 aromatic heterocycles. The van der Waals surface area contributed by atoms with E-state index in [2.05, 4.69) is 10.2 Å². The first-order valence-electron chi connectivity index (χ1n) is 5.03. The second kappa shape index (κ2) is 7.92. The Bertz CT molecular complexity index is 432. The van der Waals surface area contributed by atoms with Crippen LogP contribution in [0.3, 0.4) is 0 Å². The minimum Gasteiger partial charge on any atom is -0.300 e. The largest absolute Gasteiger partial charge is 0.300 e. The fourth-order valence-electron chi connectivity index (χ4n) is 1.17. The van der Waals surface area contributed by atoms with Crippen molar-refractivity contribution in [1.29, 1.82) is 0 Å². The lowest BCUT2D eigenvalue weighted by Crippen LogP contribution is -2.31.